The molecule has 36 heavy (non-hydrogen) atoms. The number of hydrogen-bond acceptors (Lipinski definition) is 6. The van der Waals surface area contributed by atoms with Gasteiger partial charge in [0.1, 0.15) is 5.75 Å². The summed E-state index contributed by atoms with van der Waals surface area (Å²) < 4.78 is 43.3. The Morgan fingerprint density at radius 2 is 1.53 bits per heavy atom. The van der Waals surface area contributed by atoms with Crippen LogP contribution < -0.4 is 23.8 Å². The molecule has 3 aromatic rings. The van der Waals surface area contributed by atoms with Crippen LogP contribution in [0.15, 0.2) is 60.7 Å². The molecule has 3 rings (SSSR count). The topological polar surface area (TPSA) is 94.2 Å². The molecule has 0 aliphatic rings. The molecule has 1 amide bonds. The highest BCUT2D eigenvalue weighted by atomic mass is 35.5. The van der Waals surface area contributed by atoms with Gasteiger partial charge >= 0.3 is 0 Å². The van der Waals surface area contributed by atoms with Crippen molar-refractivity contribution in [3.05, 3.63) is 82.4 Å². The van der Waals surface area contributed by atoms with E-state index in [1.807, 2.05) is 25.1 Å². The number of rotatable bonds is 10. The zero-order chi connectivity index (χ0) is 26.5. The van der Waals surface area contributed by atoms with Crippen molar-refractivity contribution in [2.45, 2.75) is 19.5 Å². The lowest BCUT2D eigenvalue weighted by Crippen LogP contribution is -2.33. The van der Waals surface area contributed by atoms with Gasteiger partial charge in [0.25, 0.3) is 5.91 Å². The molecule has 0 radical (unpaired) electrons. The Morgan fingerprint density at radius 1 is 0.944 bits per heavy atom. The van der Waals surface area contributed by atoms with Gasteiger partial charge in [-0.05, 0) is 36.8 Å². The number of nitrogens with zero attached hydrogens (tertiary/aromatic N) is 1. The molecule has 0 aromatic heterocycles. The van der Waals surface area contributed by atoms with Gasteiger partial charge in [-0.25, -0.2) is 8.42 Å². The highest BCUT2D eigenvalue weighted by molar-refractivity contribution is 7.92. The third-order valence-electron chi connectivity index (χ3n) is 5.61. The summed E-state index contributed by atoms with van der Waals surface area (Å²) in [6.45, 7) is 1.80. The SMILES string of the molecule is COc1cc(C(=O)NC(C)c2ccccc2OC)c(N(Cc2ccc(Cl)cc2)S(C)(=O)=O)cc1OC. The first-order chi connectivity index (χ1) is 17.1. The minimum atomic E-state index is -3.81. The monoisotopic (exact) mass is 532 g/mol. The van der Waals surface area contributed by atoms with Gasteiger partial charge in [0.05, 0.1) is 51.4 Å². The van der Waals surface area contributed by atoms with Crippen LogP contribution in [0.4, 0.5) is 5.69 Å². The molecular formula is C26H29ClN2O6S. The van der Waals surface area contributed by atoms with E-state index in [0.717, 1.165) is 16.1 Å². The average Bonchev–Trinajstić information content (AvgIpc) is 2.86. The van der Waals surface area contributed by atoms with Gasteiger partial charge in [-0.2, -0.15) is 0 Å². The van der Waals surface area contributed by atoms with Crippen LogP contribution in [-0.2, 0) is 16.6 Å². The first-order valence-electron chi connectivity index (χ1n) is 11.0. The van der Waals surface area contributed by atoms with Crippen molar-refractivity contribution in [2.24, 2.45) is 0 Å². The van der Waals surface area contributed by atoms with Gasteiger partial charge in [-0.15, -0.1) is 0 Å². The number of nitrogens with one attached hydrogen (secondary N) is 1. The van der Waals surface area contributed by atoms with Gasteiger partial charge in [-0.1, -0.05) is 41.9 Å². The second kappa shape index (κ2) is 11.5. The molecule has 0 spiro atoms. The van der Waals surface area contributed by atoms with Crippen LogP contribution in [0.3, 0.4) is 0 Å². The van der Waals surface area contributed by atoms with E-state index in [4.69, 9.17) is 25.8 Å². The number of anilines is 1. The summed E-state index contributed by atoms with van der Waals surface area (Å²) in [6.07, 6.45) is 1.08. The number of sulfonamides is 1. The third kappa shape index (κ3) is 6.22. The molecule has 0 bridgehead atoms. The van der Waals surface area contributed by atoms with Crippen LogP contribution in [0.1, 0.15) is 34.5 Å². The van der Waals surface area contributed by atoms with Crippen molar-refractivity contribution in [3.8, 4) is 17.2 Å². The molecule has 0 saturated heterocycles. The standard InChI is InChI=1S/C26H29ClN2O6S/c1-17(20-8-6-7-9-23(20)33-2)28-26(30)21-14-24(34-3)25(35-4)15-22(21)29(36(5,31)32)16-18-10-12-19(27)13-11-18/h6-15,17H,16H2,1-5H3,(H,28,30). The number of methoxy groups -OCH3 is 3. The zero-order valence-electron chi connectivity index (χ0n) is 20.7. The van der Waals surface area contributed by atoms with Gasteiger partial charge in [0.2, 0.25) is 10.0 Å². The molecule has 8 nitrogen and oxygen atoms in total. The van der Waals surface area contributed by atoms with E-state index in [1.54, 1.807) is 37.4 Å². The van der Waals surface area contributed by atoms with Gasteiger partial charge in [0.15, 0.2) is 11.5 Å². The molecule has 192 valence electrons. The van der Waals surface area contributed by atoms with Crippen LogP contribution in [-0.4, -0.2) is 41.9 Å². The maximum atomic E-state index is 13.6. The fourth-order valence-electron chi connectivity index (χ4n) is 3.77. The molecule has 1 N–H and O–H groups in total. The highest BCUT2D eigenvalue weighted by Gasteiger charge is 2.27. The molecule has 1 unspecified atom stereocenters. The van der Waals surface area contributed by atoms with Gasteiger partial charge in [-0.3, -0.25) is 9.10 Å². The lowest BCUT2D eigenvalue weighted by Gasteiger charge is -2.27. The fourth-order valence-corrected chi connectivity index (χ4v) is 4.79. The Kier molecular flexibility index (Phi) is 8.70. The number of hydrogen-bond donors (Lipinski definition) is 1. The fraction of sp³-hybridized carbons (Fsp3) is 0.269. The number of para-hydroxylation sites is 1. The summed E-state index contributed by atoms with van der Waals surface area (Å²) in [7, 11) is 0.625. The lowest BCUT2D eigenvalue weighted by molar-refractivity contribution is 0.0939. The Balaban J connectivity index is 2.09. The van der Waals surface area contributed by atoms with Crippen molar-refractivity contribution in [3.63, 3.8) is 0 Å². The Bertz CT molecular complexity index is 1330. The largest absolute Gasteiger partial charge is 0.496 e. The summed E-state index contributed by atoms with van der Waals surface area (Å²) in [5.41, 5.74) is 1.72. The van der Waals surface area contributed by atoms with Gasteiger partial charge < -0.3 is 19.5 Å². The van der Waals surface area contributed by atoms with E-state index in [0.29, 0.717) is 16.3 Å². The normalized spacial score (nSPS) is 11.9. The number of ether oxygens (including phenoxy) is 3. The van der Waals surface area contributed by atoms with Crippen molar-refractivity contribution < 1.29 is 27.4 Å². The van der Waals surface area contributed by atoms with Crippen molar-refractivity contribution in [1.29, 1.82) is 0 Å². The maximum absolute atomic E-state index is 13.6. The first kappa shape index (κ1) is 27.2. The number of amides is 1. The number of carbonyl (C=O) groups is 1. The molecular weight excluding hydrogens is 504 g/mol. The molecule has 0 aliphatic carbocycles. The second-order valence-electron chi connectivity index (χ2n) is 8.06. The van der Waals surface area contributed by atoms with Crippen LogP contribution in [0.25, 0.3) is 0 Å². The molecule has 0 aliphatic heterocycles. The smallest absolute Gasteiger partial charge is 0.254 e. The van der Waals surface area contributed by atoms with Crippen molar-refractivity contribution >= 4 is 33.2 Å². The third-order valence-corrected chi connectivity index (χ3v) is 6.99. The molecule has 10 heteroatoms. The Hall–Kier alpha value is -3.43. The summed E-state index contributed by atoms with van der Waals surface area (Å²) in [5.74, 6) is 0.704. The van der Waals surface area contributed by atoms with Crippen LogP contribution in [0.2, 0.25) is 5.02 Å². The van der Waals surface area contributed by atoms with Crippen molar-refractivity contribution in [1.82, 2.24) is 5.32 Å². The van der Waals surface area contributed by atoms with Crippen molar-refractivity contribution in [2.75, 3.05) is 31.9 Å². The lowest BCUT2D eigenvalue weighted by atomic mass is 10.1. The van der Waals surface area contributed by atoms with Crippen LogP contribution in [0.5, 0.6) is 17.2 Å². The van der Waals surface area contributed by atoms with E-state index in [1.165, 1.54) is 26.4 Å². The van der Waals surface area contributed by atoms with E-state index in [2.05, 4.69) is 5.32 Å². The highest BCUT2D eigenvalue weighted by Crippen LogP contribution is 2.37. The van der Waals surface area contributed by atoms with Crippen LogP contribution >= 0.6 is 11.6 Å². The van der Waals surface area contributed by atoms with Gasteiger partial charge in [0, 0.05) is 16.7 Å². The second-order valence-corrected chi connectivity index (χ2v) is 10.4. The van der Waals surface area contributed by atoms with E-state index in [9.17, 15) is 13.2 Å². The summed E-state index contributed by atoms with van der Waals surface area (Å²) in [5, 5.41) is 3.47. The summed E-state index contributed by atoms with van der Waals surface area (Å²) >= 11 is 5.99. The summed E-state index contributed by atoms with van der Waals surface area (Å²) in [4.78, 5) is 13.6. The predicted octanol–water partition coefficient (Wildman–Crippen LogP) is 4.82. The number of halogens is 1. The van der Waals surface area contributed by atoms with E-state index in [-0.39, 0.29) is 29.3 Å². The Labute approximate surface area is 216 Å². The zero-order valence-corrected chi connectivity index (χ0v) is 22.3. The maximum Gasteiger partial charge on any atom is 0.254 e. The molecule has 0 fully saturated rings. The summed E-state index contributed by atoms with van der Waals surface area (Å²) in [6, 6.07) is 16.7. The minimum Gasteiger partial charge on any atom is -0.496 e. The molecule has 3 aromatic carbocycles. The molecule has 0 saturated carbocycles. The van der Waals surface area contributed by atoms with Crippen LogP contribution in [0, 0.1) is 0 Å². The van der Waals surface area contributed by atoms with E-state index >= 15 is 0 Å². The minimum absolute atomic E-state index is 0.0200. The number of carbonyl (C=O) groups excluding carboxylic acids is 1. The first-order valence-corrected chi connectivity index (χ1v) is 13.2. The number of benzene rings is 3. The predicted molar refractivity (Wildman–Crippen MR) is 141 cm³/mol. The molecule has 0 heterocycles. The average molecular weight is 533 g/mol. The quantitative estimate of drug-likeness (QED) is 0.402. The van der Waals surface area contributed by atoms with E-state index < -0.39 is 22.0 Å². The molecule has 1 atom stereocenters. The Morgan fingerprint density at radius 3 is 2.11 bits per heavy atom.